The van der Waals surface area contributed by atoms with Crippen molar-refractivity contribution >= 4 is 40.7 Å². The summed E-state index contributed by atoms with van der Waals surface area (Å²) in [5.41, 5.74) is 2.53. The second kappa shape index (κ2) is 9.64. The number of pyridine rings is 1. The summed E-state index contributed by atoms with van der Waals surface area (Å²) in [7, 11) is 0. The second-order valence-electron chi connectivity index (χ2n) is 11.0. The molecule has 1 amide bonds. The first kappa shape index (κ1) is 25.3. The van der Waals surface area contributed by atoms with E-state index in [2.05, 4.69) is 48.8 Å². The molecule has 0 bridgehead atoms. The molecule has 2 saturated heterocycles. The quantitative estimate of drug-likeness (QED) is 0.420. The summed E-state index contributed by atoms with van der Waals surface area (Å²) < 4.78 is 25.9. The minimum absolute atomic E-state index is 0.0465. The molecule has 204 valence electrons. The van der Waals surface area contributed by atoms with Crippen LogP contribution in [-0.2, 0) is 9.53 Å². The highest BCUT2D eigenvalue weighted by Gasteiger charge is 2.38. The van der Waals surface area contributed by atoms with Crippen LogP contribution in [-0.4, -0.2) is 52.8 Å². The van der Waals surface area contributed by atoms with Gasteiger partial charge in [-0.1, -0.05) is 0 Å². The van der Waals surface area contributed by atoms with Gasteiger partial charge in [0.2, 0.25) is 5.95 Å². The van der Waals surface area contributed by atoms with E-state index in [1.54, 1.807) is 26.0 Å². The number of rotatable bonds is 5. The smallest absolute Gasteiger partial charge is 0.269 e. The first-order chi connectivity index (χ1) is 18.7. The van der Waals surface area contributed by atoms with Gasteiger partial charge in [0.1, 0.15) is 5.82 Å². The molecule has 1 aromatic carbocycles. The maximum atomic E-state index is 14.6. The Hall–Kier alpha value is -3.99. The third kappa shape index (κ3) is 5.06. The molecular weight excluding hydrogens is 501 g/mol. The molecule has 2 aromatic heterocycles. The molecule has 0 unspecified atom stereocenters. The highest BCUT2D eigenvalue weighted by molar-refractivity contribution is 5.99. The minimum Gasteiger partial charge on any atom is -0.474 e. The third-order valence-corrected chi connectivity index (χ3v) is 7.80. The zero-order valence-corrected chi connectivity index (χ0v) is 22.3. The molecule has 2 fully saturated rings. The van der Waals surface area contributed by atoms with Crippen LogP contribution in [0.5, 0.6) is 5.75 Å². The van der Waals surface area contributed by atoms with Gasteiger partial charge >= 0.3 is 0 Å². The van der Waals surface area contributed by atoms with Crippen molar-refractivity contribution in [3.05, 3.63) is 47.9 Å². The number of benzene rings is 1. The molecule has 10 nitrogen and oxygen atoms in total. The van der Waals surface area contributed by atoms with Gasteiger partial charge in [0.05, 0.1) is 12.8 Å². The van der Waals surface area contributed by atoms with Gasteiger partial charge in [-0.05, 0) is 81.3 Å². The second-order valence-corrected chi connectivity index (χ2v) is 11.0. The van der Waals surface area contributed by atoms with Crippen LogP contribution in [0.15, 0.2) is 36.5 Å². The highest BCUT2D eigenvalue weighted by atomic mass is 19.1. The Morgan fingerprint density at radius 2 is 1.90 bits per heavy atom. The summed E-state index contributed by atoms with van der Waals surface area (Å²) in [6.45, 7) is 9.26. The predicted molar refractivity (Wildman–Crippen MR) is 147 cm³/mol. The van der Waals surface area contributed by atoms with Crippen LogP contribution in [0.2, 0.25) is 0 Å². The van der Waals surface area contributed by atoms with Crippen molar-refractivity contribution in [3.8, 4) is 5.75 Å². The van der Waals surface area contributed by atoms with Crippen molar-refractivity contribution in [2.75, 3.05) is 47.2 Å². The number of nitrogens with zero attached hydrogens (tertiary/aromatic N) is 4. The Kier molecular flexibility index (Phi) is 6.25. The fraction of sp³-hybridized carbons (Fsp3) is 0.429. The largest absolute Gasteiger partial charge is 0.474 e. The van der Waals surface area contributed by atoms with Crippen LogP contribution < -0.4 is 25.6 Å². The normalized spacial score (nSPS) is 19.3. The van der Waals surface area contributed by atoms with E-state index in [1.807, 2.05) is 12.1 Å². The lowest BCUT2D eigenvalue weighted by atomic mass is 9.78. The average Bonchev–Trinajstić information content (AvgIpc) is 3.35. The topological polar surface area (TPSA) is 114 Å². The van der Waals surface area contributed by atoms with E-state index in [0.717, 1.165) is 56.6 Å². The summed E-state index contributed by atoms with van der Waals surface area (Å²) >= 11 is 0. The lowest BCUT2D eigenvalue weighted by Crippen LogP contribution is -2.46. The standard InChI is InChI=1S/C28H32FN7O3/c1-17-14-18(4-5-20(17)36-11-8-28(9-12-36)10-13-38-16-28)31-26-30-15-19(29)23(35-26)32-22-7-6-21-24(33-22)34-25(37)27(2,3)39-21/h4-7,14-15H,8-13,16H2,1-3H3,(H3,30,31,32,33,34,35,37). The predicted octanol–water partition coefficient (Wildman–Crippen LogP) is 4.92. The number of nitrogens with one attached hydrogen (secondary N) is 3. The number of halogens is 1. The molecule has 3 aliphatic heterocycles. The molecule has 1 spiro atoms. The molecule has 3 aliphatic rings. The average molecular weight is 534 g/mol. The molecule has 0 saturated carbocycles. The number of ether oxygens (including phenoxy) is 2. The maximum Gasteiger partial charge on any atom is 0.269 e. The van der Waals surface area contributed by atoms with Gasteiger partial charge in [0.25, 0.3) is 5.91 Å². The van der Waals surface area contributed by atoms with Crippen molar-refractivity contribution in [2.24, 2.45) is 5.41 Å². The van der Waals surface area contributed by atoms with E-state index in [9.17, 15) is 9.18 Å². The molecule has 0 aliphatic carbocycles. The molecule has 3 aromatic rings. The van der Waals surface area contributed by atoms with E-state index in [0.29, 0.717) is 17.0 Å². The molecule has 11 heteroatoms. The number of aryl methyl sites for hydroxylation is 1. The Balaban J connectivity index is 1.14. The number of fused-ring (bicyclic) bond motifs is 1. The van der Waals surface area contributed by atoms with Crippen LogP contribution >= 0.6 is 0 Å². The number of hydrogen-bond acceptors (Lipinski definition) is 9. The monoisotopic (exact) mass is 533 g/mol. The highest BCUT2D eigenvalue weighted by Crippen LogP contribution is 2.41. The van der Waals surface area contributed by atoms with Gasteiger partial charge in [-0.25, -0.2) is 14.4 Å². The van der Waals surface area contributed by atoms with E-state index in [-0.39, 0.29) is 23.5 Å². The molecule has 3 N–H and O–H groups in total. The third-order valence-electron chi connectivity index (χ3n) is 7.80. The number of piperidine rings is 1. The van der Waals surface area contributed by atoms with Crippen molar-refractivity contribution < 1.29 is 18.7 Å². The summed E-state index contributed by atoms with van der Waals surface area (Å²) in [4.78, 5) is 27.4. The Morgan fingerprint density at radius 1 is 1.08 bits per heavy atom. The zero-order valence-electron chi connectivity index (χ0n) is 22.3. The van der Waals surface area contributed by atoms with Gasteiger partial charge in [0, 0.05) is 31.1 Å². The number of anilines is 6. The van der Waals surface area contributed by atoms with E-state index < -0.39 is 11.4 Å². The Bertz CT molecular complexity index is 1410. The number of carbonyl (C=O) groups is 1. The van der Waals surface area contributed by atoms with Crippen LogP contribution in [0.25, 0.3) is 0 Å². The first-order valence-corrected chi connectivity index (χ1v) is 13.2. The van der Waals surface area contributed by atoms with E-state index >= 15 is 0 Å². The SMILES string of the molecule is Cc1cc(Nc2ncc(F)c(Nc3ccc4c(n3)NC(=O)C(C)(C)O4)n2)ccc1N1CCC2(CCOC2)CC1. The number of aromatic nitrogens is 3. The van der Waals surface area contributed by atoms with Gasteiger partial charge < -0.3 is 30.3 Å². The van der Waals surface area contributed by atoms with E-state index in [1.165, 1.54) is 12.1 Å². The lowest BCUT2D eigenvalue weighted by molar-refractivity contribution is -0.129. The van der Waals surface area contributed by atoms with Crippen molar-refractivity contribution in [3.63, 3.8) is 0 Å². The molecular formula is C28H32FN7O3. The van der Waals surface area contributed by atoms with Crippen molar-refractivity contribution in [1.82, 2.24) is 15.0 Å². The lowest BCUT2D eigenvalue weighted by Gasteiger charge is -2.40. The van der Waals surface area contributed by atoms with Gasteiger partial charge in [-0.15, -0.1) is 0 Å². The van der Waals surface area contributed by atoms with Gasteiger partial charge in [-0.2, -0.15) is 4.98 Å². The van der Waals surface area contributed by atoms with Crippen LogP contribution in [0.1, 0.15) is 38.7 Å². The maximum absolute atomic E-state index is 14.6. The number of amides is 1. The first-order valence-electron chi connectivity index (χ1n) is 13.2. The van der Waals surface area contributed by atoms with Crippen LogP contribution in [0, 0.1) is 18.2 Å². The fourth-order valence-corrected chi connectivity index (χ4v) is 5.39. The zero-order chi connectivity index (χ0) is 27.2. The summed E-state index contributed by atoms with van der Waals surface area (Å²) in [6, 6.07) is 9.44. The van der Waals surface area contributed by atoms with Crippen molar-refractivity contribution in [2.45, 2.75) is 45.6 Å². The molecule has 0 radical (unpaired) electrons. The molecule has 5 heterocycles. The Labute approximate surface area is 226 Å². The summed E-state index contributed by atoms with van der Waals surface area (Å²) in [5.74, 6) is 0.239. The molecule has 6 rings (SSSR count). The van der Waals surface area contributed by atoms with Gasteiger partial charge in [-0.3, -0.25) is 4.79 Å². The van der Waals surface area contributed by atoms with E-state index in [4.69, 9.17) is 9.47 Å². The van der Waals surface area contributed by atoms with Gasteiger partial charge in [0.15, 0.2) is 28.8 Å². The summed E-state index contributed by atoms with van der Waals surface area (Å²) in [6.07, 6.45) is 4.58. The fourth-order valence-electron chi connectivity index (χ4n) is 5.39. The number of carbonyl (C=O) groups excluding carboxylic acids is 1. The van der Waals surface area contributed by atoms with Crippen molar-refractivity contribution in [1.29, 1.82) is 0 Å². The molecule has 39 heavy (non-hydrogen) atoms. The van der Waals surface area contributed by atoms with Crippen LogP contribution in [0.4, 0.5) is 39.2 Å². The summed E-state index contributed by atoms with van der Waals surface area (Å²) in [5, 5.41) is 8.76. The Morgan fingerprint density at radius 3 is 2.64 bits per heavy atom. The van der Waals surface area contributed by atoms with Crippen LogP contribution in [0.3, 0.4) is 0 Å². The number of hydrogen-bond donors (Lipinski definition) is 3. The molecule has 0 atom stereocenters. The minimum atomic E-state index is -0.999.